The van der Waals surface area contributed by atoms with E-state index >= 15 is 0 Å². The second kappa shape index (κ2) is 8.05. The first-order chi connectivity index (χ1) is 12.8. The fourth-order valence-corrected chi connectivity index (χ4v) is 4.61. The highest BCUT2D eigenvalue weighted by Gasteiger charge is 2.27. The zero-order valence-corrected chi connectivity index (χ0v) is 16.9. The van der Waals surface area contributed by atoms with Crippen molar-refractivity contribution in [2.45, 2.75) is 11.8 Å². The van der Waals surface area contributed by atoms with Crippen LogP contribution in [0.1, 0.15) is 15.9 Å². The van der Waals surface area contributed by atoms with Gasteiger partial charge in [0, 0.05) is 23.1 Å². The molecule has 0 unspecified atom stereocenters. The zero-order valence-electron chi connectivity index (χ0n) is 14.5. The van der Waals surface area contributed by atoms with Gasteiger partial charge in [0.25, 0.3) is 5.91 Å². The smallest absolute Gasteiger partial charge is 0.256 e. The van der Waals surface area contributed by atoms with Crippen molar-refractivity contribution in [2.75, 3.05) is 31.6 Å². The van der Waals surface area contributed by atoms with Crippen LogP contribution < -0.4 is 5.32 Å². The van der Waals surface area contributed by atoms with E-state index in [4.69, 9.17) is 4.74 Å². The summed E-state index contributed by atoms with van der Waals surface area (Å²) in [6.45, 7) is 2.97. The Morgan fingerprint density at radius 2 is 1.89 bits per heavy atom. The third-order valence-corrected chi connectivity index (χ3v) is 6.79. The van der Waals surface area contributed by atoms with Gasteiger partial charge in [0.1, 0.15) is 5.82 Å². The molecule has 1 N–H and O–H groups in total. The van der Waals surface area contributed by atoms with Gasteiger partial charge in [0.2, 0.25) is 10.0 Å². The van der Waals surface area contributed by atoms with Gasteiger partial charge in [0.15, 0.2) is 0 Å². The third-order valence-electron chi connectivity index (χ3n) is 4.24. The Bertz CT molecular complexity index is 975. The monoisotopic (exact) mass is 456 g/mol. The van der Waals surface area contributed by atoms with E-state index in [-0.39, 0.29) is 23.5 Å². The molecule has 0 atom stereocenters. The second-order valence-electron chi connectivity index (χ2n) is 6.07. The Labute approximate surface area is 165 Å². The maximum Gasteiger partial charge on any atom is 0.256 e. The number of benzene rings is 2. The molecule has 0 saturated carbocycles. The fourth-order valence-electron chi connectivity index (χ4n) is 2.72. The molecular formula is C18H18BrFN2O4S. The van der Waals surface area contributed by atoms with Crippen LogP contribution in [0.5, 0.6) is 0 Å². The summed E-state index contributed by atoms with van der Waals surface area (Å²) in [6.07, 6.45) is 0. The number of sulfonamides is 1. The topological polar surface area (TPSA) is 75.7 Å². The van der Waals surface area contributed by atoms with Gasteiger partial charge in [-0.05, 0) is 58.7 Å². The molecule has 6 nitrogen and oxygen atoms in total. The van der Waals surface area contributed by atoms with E-state index in [0.29, 0.717) is 28.9 Å². The Hall–Kier alpha value is -1.81. The summed E-state index contributed by atoms with van der Waals surface area (Å²) < 4.78 is 45.8. The van der Waals surface area contributed by atoms with Crippen LogP contribution in [0.15, 0.2) is 45.8 Å². The van der Waals surface area contributed by atoms with Crippen molar-refractivity contribution in [1.82, 2.24) is 4.31 Å². The molecule has 9 heteroatoms. The van der Waals surface area contributed by atoms with Crippen LogP contribution in [-0.2, 0) is 14.8 Å². The molecule has 1 aliphatic rings. The molecule has 1 saturated heterocycles. The first kappa shape index (κ1) is 19.9. The lowest BCUT2D eigenvalue weighted by molar-refractivity contribution is 0.0730. The normalized spacial score (nSPS) is 15.5. The van der Waals surface area contributed by atoms with E-state index in [0.717, 1.165) is 0 Å². The number of anilines is 1. The molecule has 2 aromatic carbocycles. The van der Waals surface area contributed by atoms with Gasteiger partial charge >= 0.3 is 0 Å². The Morgan fingerprint density at radius 1 is 1.19 bits per heavy atom. The summed E-state index contributed by atoms with van der Waals surface area (Å²) in [6, 6.07) is 8.36. The average Bonchev–Trinajstić information content (AvgIpc) is 2.65. The Kier molecular flexibility index (Phi) is 5.95. The van der Waals surface area contributed by atoms with Gasteiger partial charge < -0.3 is 10.1 Å². The second-order valence-corrected chi connectivity index (χ2v) is 8.86. The molecule has 1 fully saturated rings. The molecule has 0 aliphatic carbocycles. The number of ether oxygens (including phenoxy) is 1. The Balaban J connectivity index is 1.89. The first-order valence-corrected chi connectivity index (χ1v) is 10.5. The summed E-state index contributed by atoms with van der Waals surface area (Å²) in [4.78, 5) is 12.7. The van der Waals surface area contributed by atoms with E-state index in [1.54, 1.807) is 13.0 Å². The zero-order chi connectivity index (χ0) is 19.6. The van der Waals surface area contributed by atoms with Gasteiger partial charge in [-0.25, -0.2) is 12.8 Å². The molecule has 0 aromatic heterocycles. The highest BCUT2D eigenvalue weighted by atomic mass is 79.9. The summed E-state index contributed by atoms with van der Waals surface area (Å²) in [5.74, 6) is -0.909. The van der Waals surface area contributed by atoms with Gasteiger partial charge in [-0.2, -0.15) is 4.31 Å². The van der Waals surface area contributed by atoms with Crippen molar-refractivity contribution >= 4 is 37.5 Å². The van der Waals surface area contributed by atoms with Gasteiger partial charge in [-0.1, -0.05) is 6.07 Å². The van der Waals surface area contributed by atoms with E-state index in [1.165, 1.54) is 34.6 Å². The van der Waals surface area contributed by atoms with E-state index < -0.39 is 21.7 Å². The van der Waals surface area contributed by atoms with Crippen LogP contribution in [-0.4, -0.2) is 44.9 Å². The quantitative estimate of drug-likeness (QED) is 0.766. The number of nitrogens with one attached hydrogen (secondary N) is 1. The maximum absolute atomic E-state index is 13.2. The Morgan fingerprint density at radius 3 is 2.56 bits per heavy atom. The highest BCUT2D eigenvalue weighted by Crippen LogP contribution is 2.25. The number of carbonyl (C=O) groups is 1. The lowest BCUT2D eigenvalue weighted by Gasteiger charge is -2.26. The number of hydrogen-bond donors (Lipinski definition) is 1. The molecule has 1 aliphatic heterocycles. The molecule has 0 radical (unpaired) electrons. The third kappa shape index (κ3) is 4.37. The minimum Gasteiger partial charge on any atom is -0.379 e. The van der Waals surface area contributed by atoms with E-state index in [1.807, 2.05) is 0 Å². The summed E-state index contributed by atoms with van der Waals surface area (Å²) >= 11 is 3.20. The number of rotatable bonds is 4. The molecule has 0 bridgehead atoms. The molecular weight excluding hydrogens is 439 g/mol. The van der Waals surface area contributed by atoms with Crippen LogP contribution in [0.2, 0.25) is 0 Å². The van der Waals surface area contributed by atoms with Crippen LogP contribution in [0.4, 0.5) is 10.1 Å². The molecule has 1 amide bonds. The molecule has 144 valence electrons. The number of morpholine rings is 1. The molecule has 3 rings (SSSR count). The molecule has 1 heterocycles. The predicted octanol–water partition coefficient (Wildman–Crippen LogP) is 3.17. The van der Waals surface area contributed by atoms with Gasteiger partial charge in [-0.15, -0.1) is 0 Å². The number of halogens is 2. The predicted molar refractivity (Wildman–Crippen MR) is 103 cm³/mol. The minimum atomic E-state index is -3.71. The summed E-state index contributed by atoms with van der Waals surface area (Å²) in [5, 5.41) is 2.67. The lowest BCUT2D eigenvalue weighted by Crippen LogP contribution is -2.40. The number of nitrogens with zero attached hydrogens (tertiary/aromatic N) is 1. The number of amides is 1. The molecule has 27 heavy (non-hydrogen) atoms. The van der Waals surface area contributed by atoms with E-state index in [2.05, 4.69) is 21.2 Å². The van der Waals surface area contributed by atoms with Crippen LogP contribution in [0.3, 0.4) is 0 Å². The number of carbonyl (C=O) groups excluding carboxylic acids is 1. The lowest BCUT2D eigenvalue weighted by atomic mass is 10.1. The summed E-state index contributed by atoms with van der Waals surface area (Å²) in [7, 11) is -3.71. The van der Waals surface area contributed by atoms with Gasteiger partial charge in [-0.3, -0.25) is 4.79 Å². The standard InChI is InChI=1S/C18H18BrFN2O4S/c1-12-2-4-14(27(24,25)22-6-8-26-9-7-22)11-15(12)18(23)21-17-5-3-13(20)10-16(17)19/h2-5,10-11H,6-9H2,1H3,(H,21,23). The molecule has 2 aromatic rings. The van der Waals surface area contributed by atoms with Crippen molar-refractivity contribution in [3.8, 4) is 0 Å². The van der Waals surface area contributed by atoms with Crippen molar-refractivity contribution in [1.29, 1.82) is 0 Å². The van der Waals surface area contributed by atoms with Crippen LogP contribution in [0, 0.1) is 12.7 Å². The van der Waals surface area contributed by atoms with Crippen LogP contribution in [0.25, 0.3) is 0 Å². The van der Waals surface area contributed by atoms with E-state index in [9.17, 15) is 17.6 Å². The first-order valence-electron chi connectivity index (χ1n) is 8.24. The largest absolute Gasteiger partial charge is 0.379 e. The molecule has 0 spiro atoms. The average molecular weight is 457 g/mol. The highest BCUT2D eigenvalue weighted by molar-refractivity contribution is 9.10. The summed E-state index contributed by atoms with van der Waals surface area (Å²) in [5.41, 5.74) is 1.26. The minimum absolute atomic E-state index is 0.0540. The van der Waals surface area contributed by atoms with Crippen molar-refractivity contribution in [3.05, 3.63) is 57.8 Å². The number of hydrogen-bond acceptors (Lipinski definition) is 4. The van der Waals surface area contributed by atoms with Crippen molar-refractivity contribution in [2.24, 2.45) is 0 Å². The van der Waals surface area contributed by atoms with Gasteiger partial charge in [0.05, 0.1) is 23.8 Å². The van der Waals surface area contributed by atoms with Crippen molar-refractivity contribution < 1.29 is 22.3 Å². The number of aryl methyl sites for hydroxylation is 1. The maximum atomic E-state index is 13.2. The van der Waals surface area contributed by atoms with Crippen molar-refractivity contribution in [3.63, 3.8) is 0 Å². The fraction of sp³-hybridized carbons (Fsp3) is 0.278. The SMILES string of the molecule is Cc1ccc(S(=O)(=O)N2CCOCC2)cc1C(=O)Nc1ccc(F)cc1Br. The van der Waals surface area contributed by atoms with Crippen LogP contribution >= 0.6 is 15.9 Å².